The Balaban J connectivity index is 1.80. The Morgan fingerprint density at radius 2 is 1.62 bits per heavy atom. The summed E-state index contributed by atoms with van der Waals surface area (Å²) in [5, 5.41) is 9.99. The van der Waals surface area contributed by atoms with Gasteiger partial charge in [-0.25, -0.2) is 0 Å². The zero-order chi connectivity index (χ0) is 14.8. The lowest BCUT2D eigenvalue weighted by Crippen LogP contribution is -2.50. The van der Waals surface area contributed by atoms with Crippen molar-refractivity contribution in [3.05, 3.63) is 0 Å². The van der Waals surface area contributed by atoms with E-state index in [-0.39, 0.29) is 11.5 Å². The van der Waals surface area contributed by atoms with E-state index in [0.29, 0.717) is 0 Å². The van der Waals surface area contributed by atoms with Crippen LogP contribution in [0.25, 0.3) is 0 Å². The molecule has 120 valence electrons. The highest BCUT2D eigenvalue weighted by molar-refractivity contribution is 5.75. The van der Waals surface area contributed by atoms with Gasteiger partial charge >= 0.3 is 5.97 Å². The first-order chi connectivity index (χ1) is 10.2. The van der Waals surface area contributed by atoms with E-state index < -0.39 is 11.4 Å². The molecule has 0 bridgehead atoms. The van der Waals surface area contributed by atoms with Crippen LogP contribution in [-0.2, 0) is 14.3 Å². The van der Waals surface area contributed by atoms with E-state index in [1.54, 1.807) is 0 Å². The second kappa shape index (κ2) is 6.25. The van der Waals surface area contributed by atoms with Crippen molar-refractivity contribution in [2.45, 2.75) is 69.8 Å². The van der Waals surface area contributed by atoms with Crippen molar-refractivity contribution in [1.82, 2.24) is 0 Å². The summed E-state index contributed by atoms with van der Waals surface area (Å²) >= 11 is 0. The van der Waals surface area contributed by atoms with Crippen LogP contribution in [-0.4, -0.2) is 36.5 Å². The fourth-order valence-electron chi connectivity index (χ4n) is 4.75. The molecule has 0 aromatic carbocycles. The van der Waals surface area contributed by atoms with Crippen LogP contribution < -0.4 is 0 Å². The molecule has 3 fully saturated rings. The third kappa shape index (κ3) is 2.98. The average Bonchev–Trinajstić information content (AvgIpc) is 2.75. The van der Waals surface area contributed by atoms with Crippen LogP contribution in [0.3, 0.4) is 0 Å². The quantitative estimate of drug-likeness (QED) is 0.794. The average molecular weight is 296 g/mol. The molecule has 0 radical (unpaired) electrons. The van der Waals surface area contributed by atoms with Gasteiger partial charge in [-0.3, -0.25) is 4.79 Å². The van der Waals surface area contributed by atoms with Crippen LogP contribution in [0, 0.1) is 11.3 Å². The molecule has 3 aliphatic rings. The van der Waals surface area contributed by atoms with Crippen molar-refractivity contribution < 1.29 is 19.4 Å². The first kappa shape index (κ1) is 15.3. The third-order valence-electron chi connectivity index (χ3n) is 6.10. The number of carboxylic acids is 1. The minimum Gasteiger partial charge on any atom is -0.481 e. The Bertz CT molecular complexity index is 359. The Morgan fingerprint density at radius 1 is 0.952 bits per heavy atom. The van der Waals surface area contributed by atoms with Crippen molar-refractivity contribution >= 4 is 5.97 Å². The van der Waals surface area contributed by atoms with Gasteiger partial charge in [0.05, 0.1) is 11.0 Å². The van der Waals surface area contributed by atoms with Gasteiger partial charge in [0.15, 0.2) is 0 Å². The molecule has 1 saturated carbocycles. The molecule has 2 heterocycles. The number of rotatable bonds is 2. The molecule has 0 aromatic rings. The Labute approximate surface area is 127 Å². The van der Waals surface area contributed by atoms with E-state index in [4.69, 9.17) is 9.47 Å². The maximum Gasteiger partial charge on any atom is 0.309 e. The van der Waals surface area contributed by atoms with Crippen molar-refractivity contribution in [2.24, 2.45) is 11.3 Å². The molecule has 2 saturated heterocycles. The SMILES string of the molecule is O=C(O)C1(C2CCOC3(CCOCC3)C2)CCCCCC1. The lowest BCUT2D eigenvalue weighted by atomic mass is 9.63. The summed E-state index contributed by atoms with van der Waals surface area (Å²) in [6, 6.07) is 0. The molecule has 1 spiro atoms. The van der Waals surface area contributed by atoms with Gasteiger partial charge in [0.1, 0.15) is 0 Å². The van der Waals surface area contributed by atoms with Gasteiger partial charge in [0.25, 0.3) is 0 Å². The minimum absolute atomic E-state index is 0.101. The minimum atomic E-state index is -0.557. The molecule has 3 rings (SSSR count). The van der Waals surface area contributed by atoms with E-state index >= 15 is 0 Å². The molecule has 1 unspecified atom stereocenters. The van der Waals surface area contributed by atoms with E-state index in [1.807, 2.05) is 0 Å². The third-order valence-corrected chi connectivity index (χ3v) is 6.10. The first-order valence-corrected chi connectivity index (χ1v) is 8.62. The highest BCUT2D eigenvalue weighted by Crippen LogP contribution is 2.50. The van der Waals surface area contributed by atoms with E-state index in [1.165, 1.54) is 12.8 Å². The highest BCUT2D eigenvalue weighted by Gasteiger charge is 2.51. The van der Waals surface area contributed by atoms with E-state index in [2.05, 4.69) is 0 Å². The highest BCUT2D eigenvalue weighted by atomic mass is 16.5. The maximum absolute atomic E-state index is 12.1. The number of hydrogen-bond donors (Lipinski definition) is 1. The fourth-order valence-corrected chi connectivity index (χ4v) is 4.75. The van der Waals surface area contributed by atoms with Crippen LogP contribution in [0.15, 0.2) is 0 Å². The van der Waals surface area contributed by atoms with Gasteiger partial charge in [0, 0.05) is 19.8 Å². The number of hydrogen-bond acceptors (Lipinski definition) is 3. The zero-order valence-electron chi connectivity index (χ0n) is 12.9. The molecule has 0 amide bonds. The molecule has 4 nitrogen and oxygen atoms in total. The molecule has 2 aliphatic heterocycles. The van der Waals surface area contributed by atoms with Crippen LogP contribution in [0.1, 0.15) is 64.2 Å². The topological polar surface area (TPSA) is 55.8 Å². The molecule has 4 heteroatoms. The van der Waals surface area contributed by atoms with Crippen molar-refractivity contribution in [2.75, 3.05) is 19.8 Å². The predicted molar refractivity (Wildman–Crippen MR) is 79.2 cm³/mol. The maximum atomic E-state index is 12.1. The summed E-state index contributed by atoms with van der Waals surface area (Å²) in [7, 11) is 0. The first-order valence-electron chi connectivity index (χ1n) is 8.62. The van der Waals surface area contributed by atoms with Crippen molar-refractivity contribution in [3.8, 4) is 0 Å². The molecule has 1 N–H and O–H groups in total. The molecular formula is C17H28O4. The Morgan fingerprint density at radius 3 is 2.24 bits per heavy atom. The molecule has 0 aromatic heterocycles. The lowest BCUT2D eigenvalue weighted by Gasteiger charge is -2.48. The second-order valence-corrected chi connectivity index (χ2v) is 7.21. The Kier molecular flexibility index (Phi) is 4.55. The zero-order valence-corrected chi connectivity index (χ0v) is 12.9. The summed E-state index contributed by atoms with van der Waals surface area (Å²) in [5.41, 5.74) is -0.596. The largest absolute Gasteiger partial charge is 0.481 e. The number of carbonyl (C=O) groups is 1. The number of aliphatic carboxylic acids is 1. The normalized spacial score (nSPS) is 32.5. The second-order valence-electron chi connectivity index (χ2n) is 7.21. The van der Waals surface area contributed by atoms with E-state index in [0.717, 1.165) is 71.2 Å². The van der Waals surface area contributed by atoms with Gasteiger partial charge in [-0.05, 0) is 44.4 Å². The van der Waals surface area contributed by atoms with Crippen LogP contribution in [0.4, 0.5) is 0 Å². The Hall–Kier alpha value is -0.610. The predicted octanol–water partition coefficient (Wildman–Crippen LogP) is 3.39. The summed E-state index contributed by atoms with van der Waals surface area (Å²) < 4.78 is 11.6. The number of carboxylic acid groups (broad SMARTS) is 1. The van der Waals surface area contributed by atoms with Crippen LogP contribution in [0.5, 0.6) is 0 Å². The number of ether oxygens (including phenoxy) is 2. The van der Waals surface area contributed by atoms with Gasteiger partial charge in [-0.1, -0.05) is 25.7 Å². The van der Waals surface area contributed by atoms with Crippen molar-refractivity contribution in [1.29, 1.82) is 0 Å². The molecular weight excluding hydrogens is 268 g/mol. The molecule has 1 aliphatic carbocycles. The van der Waals surface area contributed by atoms with Crippen LogP contribution >= 0.6 is 0 Å². The summed E-state index contributed by atoms with van der Waals surface area (Å²) in [6.07, 6.45) is 9.93. The monoisotopic (exact) mass is 296 g/mol. The van der Waals surface area contributed by atoms with E-state index in [9.17, 15) is 9.90 Å². The smallest absolute Gasteiger partial charge is 0.309 e. The summed E-state index contributed by atoms with van der Waals surface area (Å²) in [5.74, 6) is -0.279. The standard InChI is InChI=1S/C17H28O4/c18-15(19)17(6-3-1-2-4-7-17)14-5-10-21-16(13-14)8-11-20-12-9-16/h14H,1-13H2,(H,18,19). The van der Waals surface area contributed by atoms with Gasteiger partial charge < -0.3 is 14.6 Å². The van der Waals surface area contributed by atoms with Gasteiger partial charge in [0.2, 0.25) is 0 Å². The fraction of sp³-hybridized carbons (Fsp3) is 0.941. The lowest BCUT2D eigenvalue weighted by molar-refractivity contribution is -0.178. The van der Waals surface area contributed by atoms with Gasteiger partial charge in [-0.2, -0.15) is 0 Å². The summed E-state index contributed by atoms with van der Waals surface area (Å²) in [4.78, 5) is 12.1. The summed E-state index contributed by atoms with van der Waals surface area (Å²) in [6.45, 7) is 2.24. The van der Waals surface area contributed by atoms with Gasteiger partial charge in [-0.15, -0.1) is 0 Å². The molecule has 21 heavy (non-hydrogen) atoms. The van der Waals surface area contributed by atoms with Crippen LogP contribution in [0.2, 0.25) is 0 Å². The van der Waals surface area contributed by atoms with Crippen molar-refractivity contribution in [3.63, 3.8) is 0 Å². The molecule has 1 atom stereocenters.